The number of hydrogen-bond acceptors (Lipinski definition) is 1. The van der Waals surface area contributed by atoms with Gasteiger partial charge in [-0.05, 0) is 6.07 Å². The molecule has 18 heavy (non-hydrogen) atoms. The molecule has 0 unspecified atom stereocenters. The average molecular weight is 280 g/mol. The van der Waals surface area contributed by atoms with Crippen LogP contribution in [-0.2, 0) is 0 Å². The number of halogens is 6. The van der Waals surface area contributed by atoms with Crippen molar-refractivity contribution in [1.82, 2.24) is 4.98 Å². The first-order valence-corrected chi connectivity index (χ1v) is 4.94. The van der Waals surface area contributed by atoms with Gasteiger partial charge in [-0.15, -0.1) is 0 Å². The van der Waals surface area contributed by atoms with Gasteiger partial charge in [-0.25, -0.2) is 22.0 Å². The zero-order valence-electron chi connectivity index (χ0n) is 8.45. The van der Waals surface area contributed by atoms with Crippen LogP contribution in [0.3, 0.4) is 0 Å². The molecule has 94 valence electrons. The molecule has 1 nitrogen and oxygen atoms in total. The summed E-state index contributed by atoms with van der Waals surface area (Å²) in [6.45, 7) is 0. The van der Waals surface area contributed by atoms with Crippen molar-refractivity contribution in [3.63, 3.8) is 0 Å². The molecule has 0 saturated carbocycles. The predicted molar refractivity (Wildman–Crippen MR) is 54.5 cm³/mol. The van der Waals surface area contributed by atoms with E-state index < -0.39 is 34.6 Å². The molecule has 0 aliphatic carbocycles. The first kappa shape index (κ1) is 12.8. The normalized spacial score (nSPS) is 10.8. The lowest BCUT2D eigenvalue weighted by atomic mass is 10.1. The third-order valence-corrected chi connectivity index (χ3v) is 2.58. The Labute approximate surface area is 103 Å². The summed E-state index contributed by atoms with van der Waals surface area (Å²) < 4.78 is 65.8. The molecule has 0 aliphatic rings. The van der Waals surface area contributed by atoms with Gasteiger partial charge in [-0.3, -0.25) is 4.98 Å². The Morgan fingerprint density at radius 2 is 1.33 bits per heavy atom. The fraction of sp³-hybridized carbons (Fsp3) is 0. The summed E-state index contributed by atoms with van der Waals surface area (Å²) in [5.74, 6) is -10.1. The number of pyridine rings is 1. The molecule has 1 aromatic carbocycles. The minimum Gasteiger partial charge on any atom is -0.264 e. The zero-order chi connectivity index (χ0) is 13.4. The standard InChI is InChI=1S/C11H3ClF5N/c12-5-1-2-18-3-4(5)6-7(13)9(15)11(17)10(16)8(6)14/h1-3H. The van der Waals surface area contributed by atoms with Crippen LogP contribution in [0.1, 0.15) is 0 Å². The molecule has 0 radical (unpaired) electrons. The average Bonchev–Trinajstić information content (AvgIpc) is 2.36. The predicted octanol–water partition coefficient (Wildman–Crippen LogP) is 4.10. The van der Waals surface area contributed by atoms with Crippen molar-refractivity contribution in [3.05, 3.63) is 52.6 Å². The Kier molecular flexibility index (Phi) is 3.21. The van der Waals surface area contributed by atoms with Gasteiger partial charge >= 0.3 is 0 Å². The van der Waals surface area contributed by atoms with Crippen LogP contribution in [0, 0.1) is 29.1 Å². The molecule has 1 aromatic heterocycles. The molecule has 0 bridgehead atoms. The smallest absolute Gasteiger partial charge is 0.200 e. The van der Waals surface area contributed by atoms with Crippen molar-refractivity contribution < 1.29 is 22.0 Å². The maximum Gasteiger partial charge on any atom is 0.200 e. The zero-order valence-corrected chi connectivity index (χ0v) is 9.20. The lowest BCUT2D eigenvalue weighted by molar-refractivity contribution is 0.381. The van der Waals surface area contributed by atoms with Crippen molar-refractivity contribution in [1.29, 1.82) is 0 Å². The summed E-state index contributed by atoms with van der Waals surface area (Å²) >= 11 is 5.64. The SMILES string of the molecule is Fc1c(F)c(F)c(-c2cnccc2Cl)c(F)c1F. The summed E-state index contributed by atoms with van der Waals surface area (Å²) in [6, 6.07) is 1.18. The Balaban J connectivity index is 2.85. The van der Waals surface area contributed by atoms with Gasteiger partial charge in [0.2, 0.25) is 5.82 Å². The largest absolute Gasteiger partial charge is 0.264 e. The number of aromatic nitrogens is 1. The van der Waals surface area contributed by atoms with Crippen molar-refractivity contribution in [3.8, 4) is 11.1 Å². The third kappa shape index (κ3) is 1.82. The molecular formula is C11H3ClF5N. The van der Waals surface area contributed by atoms with Crippen LogP contribution in [0.5, 0.6) is 0 Å². The quantitative estimate of drug-likeness (QED) is 0.435. The second kappa shape index (κ2) is 4.53. The van der Waals surface area contributed by atoms with Gasteiger partial charge in [0, 0.05) is 18.0 Å². The summed E-state index contributed by atoms with van der Waals surface area (Å²) in [4.78, 5) is 3.53. The molecule has 0 amide bonds. The fourth-order valence-electron chi connectivity index (χ4n) is 1.40. The fourth-order valence-corrected chi connectivity index (χ4v) is 1.60. The molecule has 1 heterocycles. The highest BCUT2D eigenvalue weighted by Gasteiger charge is 2.27. The number of hydrogen-bond donors (Lipinski definition) is 0. The Bertz CT molecular complexity index is 600. The van der Waals surface area contributed by atoms with Crippen LogP contribution in [0.4, 0.5) is 22.0 Å². The van der Waals surface area contributed by atoms with E-state index in [-0.39, 0.29) is 10.6 Å². The minimum atomic E-state index is -2.21. The van der Waals surface area contributed by atoms with Crippen LogP contribution in [0.2, 0.25) is 5.02 Å². The monoisotopic (exact) mass is 279 g/mol. The Morgan fingerprint density at radius 3 is 1.83 bits per heavy atom. The van der Waals surface area contributed by atoms with Crippen molar-refractivity contribution in [2.45, 2.75) is 0 Å². The highest BCUT2D eigenvalue weighted by atomic mass is 35.5. The lowest BCUT2D eigenvalue weighted by Gasteiger charge is -2.09. The van der Waals surface area contributed by atoms with Crippen LogP contribution in [-0.4, -0.2) is 4.98 Å². The molecule has 0 spiro atoms. The van der Waals surface area contributed by atoms with Gasteiger partial charge in [0.1, 0.15) is 0 Å². The topological polar surface area (TPSA) is 12.9 Å². The first-order valence-electron chi connectivity index (χ1n) is 4.56. The summed E-state index contributed by atoms with van der Waals surface area (Å²) in [5.41, 5.74) is -1.46. The molecule has 2 rings (SSSR count). The molecular weight excluding hydrogens is 277 g/mol. The van der Waals surface area contributed by atoms with E-state index in [1.54, 1.807) is 0 Å². The second-order valence-electron chi connectivity index (χ2n) is 3.30. The highest BCUT2D eigenvalue weighted by Crippen LogP contribution is 2.34. The molecule has 0 N–H and O–H groups in total. The van der Waals surface area contributed by atoms with Gasteiger partial charge in [-0.1, -0.05) is 11.6 Å². The van der Waals surface area contributed by atoms with Crippen molar-refractivity contribution in [2.24, 2.45) is 0 Å². The molecule has 0 fully saturated rings. The summed E-state index contributed by atoms with van der Waals surface area (Å²) in [5, 5.41) is -0.173. The Hall–Kier alpha value is -1.69. The van der Waals surface area contributed by atoms with E-state index in [0.29, 0.717) is 0 Å². The van der Waals surface area contributed by atoms with E-state index in [4.69, 9.17) is 11.6 Å². The van der Waals surface area contributed by atoms with E-state index in [1.807, 2.05) is 0 Å². The van der Waals surface area contributed by atoms with Gasteiger partial charge < -0.3 is 0 Å². The van der Waals surface area contributed by atoms with E-state index in [1.165, 1.54) is 12.3 Å². The molecule has 2 aromatic rings. The number of benzene rings is 1. The number of rotatable bonds is 1. The molecule has 0 atom stereocenters. The maximum absolute atomic E-state index is 13.5. The summed E-state index contributed by atoms with van der Waals surface area (Å²) in [7, 11) is 0. The van der Waals surface area contributed by atoms with Gasteiger partial charge in [-0.2, -0.15) is 0 Å². The summed E-state index contributed by atoms with van der Waals surface area (Å²) in [6.07, 6.45) is 2.14. The molecule has 0 aliphatic heterocycles. The second-order valence-corrected chi connectivity index (χ2v) is 3.71. The van der Waals surface area contributed by atoms with E-state index in [9.17, 15) is 22.0 Å². The van der Waals surface area contributed by atoms with Crippen molar-refractivity contribution >= 4 is 11.6 Å². The van der Waals surface area contributed by atoms with Gasteiger partial charge in [0.15, 0.2) is 23.3 Å². The van der Waals surface area contributed by atoms with Gasteiger partial charge in [0.05, 0.1) is 10.6 Å². The third-order valence-electron chi connectivity index (χ3n) is 2.25. The van der Waals surface area contributed by atoms with Crippen LogP contribution < -0.4 is 0 Å². The van der Waals surface area contributed by atoms with E-state index in [0.717, 1.165) is 6.20 Å². The van der Waals surface area contributed by atoms with E-state index >= 15 is 0 Å². The molecule has 0 saturated heterocycles. The first-order chi connectivity index (χ1) is 8.45. The minimum absolute atomic E-state index is 0.173. The Morgan fingerprint density at radius 1 is 0.833 bits per heavy atom. The van der Waals surface area contributed by atoms with Gasteiger partial charge in [0.25, 0.3) is 0 Å². The number of nitrogens with zero attached hydrogens (tertiary/aromatic N) is 1. The van der Waals surface area contributed by atoms with E-state index in [2.05, 4.69) is 4.98 Å². The maximum atomic E-state index is 13.5. The van der Waals surface area contributed by atoms with Crippen LogP contribution in [0.15, 0.2) is 18.5 Å². The lowest BCUT2D eigenvalue weighted by Crippen LogP contribution is -2.04. The van der Waals surface area contributed by atoms with Crippen molar-refractivity contribution in [2.75, 3.05) is 0 Å². The highest BCUT2D eigenvalue weighted by molar-refractivity contribution is 6.33. The van der Waals surface area contributed by atoms with Crippen LogP contribution in [0.25, 0.3) is 11.1 Å². The molecule has 7 heteroatoms. The van der Waals surface area contributed by atoms with Crippen LogP contribution >= 0.6 is 11.6 Å².